The van der Waals surface area contributed by atoms with E-state index in [0.717, 1.165) is 92.4 Å². The molecule has 7 aromatic carbocycles. The van der Waals surface area contributed by atoms with E-state index in [1.807, 2.05) is 0 Å². The fourth-order valence-corrected chi connectivity index (χ4v) is 8.09. The predicted molar refractivity (Wildman–Crippen MR) is 221 cm³/mol. The lowest BCUT2D eigenvalue weighted by Gasteiger charge is -2.17. The molecule has 0 saturated carbocycles. The summed E-state index contributed by atoms with van der Waals surface area (Å²) in [6.45, 7) is 0. The minimum Gasteiger partial charge on any atom is -0.292 e. The summed E-state index contributed by atoms with van der Waals surface area (Å²) in [5, 5.41) is 0. The summed E-state index contributed by atoms with van der Waals surface area (Å²) in [5.74, 6) is 2.12. The van der Waals surface area contributed by atoms with Crippen LogP contribution in [0.25, 0.3) is 56.2 Å². The van der Waals surface area contributed by atoms with Gasteiger partial charge in [-0.3, -0.25) is 14.1 Å². The van der Waals surface area contributed by atoms with E-state index in [1.54, 1.807) is 0 Å². The highest BCUT2D eigenvalue weighted by atomic mass is 15.1. The predicted octanol–water partition coefficient (Wildman–Crippen LogP) is 11.9. The van der Waals surface area contributed by atoms with Crippen LogP contribution >= 0.6 is 0 Å². The van der Waals surface area contributed by atoms with E-state index in [0.29, 0.717) is 5.92 Å². The SMILES string of the molecule is c1ccc(CC2CCC(c3cc(-c4nc5ccccc5n4-c4ccccc4)cc(-c4nc5ccccc5n4-c4ccccc4)c3)=Nc3ccccc32)cc1. The minimum absolute atomic E-state index is 0.358. The molecule has 1 aliphatic heterocycles. The van der Waals surface area contributed by atoms with E-state index < -0.39 is 0 Å². The summed E-state index contributed by atoms with van der Waals surface area (Å²) in [4.78, 5) is 16.1. The molecule has 1 atom stereocenters. The Labute approximate surface area is 314 Å². The third kappa shape index (κ3) is 5.80. The van der Waals surface area contributed by atoms with E-state index in [1.165, 1.54) is 11.1 Å². The molecule has 1 aliphatic rings. The van der Waals surface area contributed by atoms with Gasteiger partial charge >= 0.3 is 0 Å². The zero-order valence-corrected chi connectivity index (χ0v) is 29.8. The number of rotatable bonds is 7. The second-order valence-electron chi connectivity index (χ2n) is 14.0. The molecule has 2 aromatic heterocycles. The van der Waals surface area contributed by atoms with Crippen LogP contribution in [0.2, 0.25) is 0 Å². The smallest absolute Gasteiger partial charge is 0.145 e. The van der Waals surface area contributed by atoms with Crippen molar-refractivity contribution in [3.05, 3.63) is 199 Å². The number of para-hydroxylation sites is 7. The number of hydrogen-bond donors (Lipinski definition) is 0. The third-order valence-electron chi connectivity index (χ3n) is 10.6. The van der Waals surface area contributed by atoms with Crippen molar-refractivity contribution in [1.29, 1.82) is 0 Å². The summed E-state index contributed by atoms with van der Waals surface area (Å²) < 4.78 is 4.55. The van der Waals surface area contributed by atoms with E-state index in [4.69, 9.17) is 15.0 Å². The van der Waals surface area contributed by atoms with Crippen LogP contribution in [0, 0.1) is 0 Å². The van der Waals surface area contributed by atoms with Crippen LogP contribution in [0.5, 0.6) is 0 Å². The zero-order chi connectivity index (χ0) is 35.8. The fraction of sp³-hybridized carbons (Fsp3) is 0.0816. The Morgan fingerprint density at radius 2 is 0.963 bits per heavy atom. The molecule has 54 heavy (non-hydrogen) atoms. The van der Waals surface area contributed by atoms with Crippen LogP contribution in [-0.4, -0.2) is 24.8 Å². The van der Waals surface area contributed by atoms with E-state index in [-0.39, 0.29) is 0 Å². The van der Waals surface area contributed by atoms with Crippen molar-refractivity contribution in [2.75, 3.05) is 0 Å². The molecule has 5 heteroatoms. The van der Waals surface area contributed by atoms with Crippen molar-refractivity contribution >= 4 is 33.5 Å². The molecular formula is C49H37N5. The van der Waals surface area contributed by atoms with Gasteiger partial charge in [0.05, 0.1) is 27.8 Å². The van der Waals surface area contributed by atoms with Gasteiger partial charge < -0.3 is 0 Å². The van der Waals surface area contributed by atoms with Gasteiger partial charge in [0.15, 0.2) is 0 Å². The van der Waals surface area contributed by atoms with Crippen LogP contribution in [0.3, 0.4) is 0 Å². The Morgan fingerprint density at radius 3 is 1.56 bits per heavy atom. The zero-order valence-electron chi connectivity index (χ0n) is 29.8. The maximum Gasteiger partial charge on any atom is 0.145 e. The molecule has 0 aliphatic carbocycles. The Morgan fingerprint density at radius 1 is 0.481 bits per heavy atom. The molecule has 5 nitrogen and oxygen atoms in total. The molecule has 0 radical (unpaired) electrons. The van der Waals surface area contributed by atoms with Crippen LogP contribution in [-0.2, 0) is 6.42 Å². The summed E-state index contributed by atoms with van der Waals surface area (Å²) in [6, 6.07) is 64.2. The summed E-state index contributed by atoms with van der Waals surface area (Å²) in [7, 11) is 0. The van der Waals surface area contributed by atoms with Crippen LogP contribution < -0.4 is 0 Å². The number of imidazole rings is 2. The Kier molecular flexibility index (Phi) is 8.03. The number of fused-ring (bicyclic) bond motifs is 3. The first-order valence-electron chi connectivity index (χ1n) is 18.7. The van der Waals surface area contributed by atoms with Gasteiger partial charge in [-0.1, -0.05) is 109 Å². The molecule has 3 heterocycles. The molecular weight excluding hydrogens is 659 g/mol. The highest BCUT2D eigenvalue weighted by Gasteiger charge is 2.24. The number of nitrogens with zero attached hydrogens (tertiary/aromatic N) is 5. The van der Waals surface area contributed by atoms with Crippen molar-refractivity contribution in [1.82, 2.24) is 19.1 Å². The van der Waals surface area contributed by atoms with Crippen molar-refractivity contribution in [3.8, 4) is 34.2 Å². The van der Waals surface area contributed by atoms with Gasteiger partial charge in [-0.2, -0.15) is 0 Å². The normalized spacial score (nSPS) is 14.1. The molecule has 0 fully saturated rings. The number of benzene rings is 7. The maximum atomic E-state index is 5.48. The average molecular weight is 696 g/mol. The number of hydrogen-bond acceptors (Lipinski definition) is 3. The minimum atomic E-state index is 0.358. The average Bonchev–Trinajstić information content (AvgIpc) is 3.77. The second kappa shape index (κ2) is 13.6. The molecule has 0 N–H and O–H groups in total. The van der Waals surface area contributed by atoms with Crippen LogP contribution in [0.1, 0.15) is 35.4 Å². The van der Waals surface area contributed by atoms with Crippen molar-refractivity contribution in [2.45, 2.75) is 25.2 Å². The van der Waals surface area contributed by atoms with Crippen molar-refractivity contribution in [3.63, 3.8) is 0 Å². The Hall–Kier alpha value is -6.85. The fourth-order valence-electron chi connectivity index (χ4n) is 8.09. The molecule has 1 unspecified atom stereocenters. The van der Waals surface area contributed by atoms with Crippen LogP contribution in [0.15, 0.2) is 187 Å². The van der Waals surface area contributed by atoms with Gasteiger partial charge in [-0.05, 0) is 115 Å². The lowest BCUT2D eigenvalue weighted by atomic mass is 9.87. The van der Waals surface area contributed by atoms with Gasteiger partial charge in [-0.15, -0.1) is 0 Å². The van der Waals surface area contributed by atoms with Gasteiger partial charge in [0.25, 0.3) is 0 Å². The molecule has 0 saturated heterocycles. The molecule has 0 spiro atoms. The maximum absolute atomic E-state index is 5.48. The van der Waals surface area contributed by atoms with Crippen molar-refractivity contribution in [2.24, 2.45) is 4.99 Å². The Balaban J connectivity index is 1.20. The van der Waals surface area contributed by atoms with Crippen molar-refractivity contribution < 1.29 is 0 Å². The molecule has 9 aromatic rings. The topological polar surface area (TPSA) is 48.0 Å². The molecule has 258 valence electrons. The molecule has 10 rings (SSSR count). The highest BCUT2D eigenvalue weighted by Crippen LogP contribution is 2.39. The largest absolute Gasteiger partial charge is 0.292 e. The summed E-state index contributed by atoms with van der Waals surface area (Å²) in [5.41, 5.74) is 14.0. The summed E-state index contributed by atoms with van der Waals surface area (Å²) in [6.07, 6.45) is 2.82. The first-order valence-corrected chi connectivity index (χ1v) is 18.7. The van der Waals surface area contributed by atoms with E-state index in [2.05, 4.69) is 191 Å². The second-order valence-corrected chi connectivity index (χ2v) is 14.0. The van der Waals surface area contributed by atoms with Gasteiger partial charge in [0.2, 0.25) is 0 Å². The monoisotopic (exact) mass is 695 g/mol. The lowest BCUT2D eigenvalue weighted by Crippen LogP contribution is -2.06. The summed E-state index contributed by atoms with van der Waals surface area (Å²) >= 11 is 0. The molecule has 0 bridgehead atoms. The van der Waals surface area contributed by atoms with E-state index >= 15 is 0 Å². The van der Waals surface area contributed by atoms with Gasteiger partial charge in [0.1, 0.15) is 11.6 Å². The van der Waals surface area contributed by atoms with Gasteiger partial charge in [0, 0.05) is 28.2 Å². The number of aromatic nitrogens is 4. The van der Waals surface area contributed by atoms with Crippen LogP contribution in [0.4, 0.5) is 5.69 Å². The molecule has 0 amide bonds. The first-order chi connectivity index (χ1) is 26.8. The highest BCUT2D eigenvalue weighted by molar-refractivity contribution is 6.04. The van der Waals surface area contributed by atoms with Gasteiger partial charge in [-0.25, -0.2) is 9.97 Å². The Bertz CT molecular complexity index is 2660. The van der Waals surface area contributed by atoms with E-state index in [9.17, 15) is 0 Å². The number of aliphatic imine (C=N–C) groups is 1. The first kappa shape index (κ1) is 31.9. The lowest BCUT2D eigenvalue weighted by molar-refractivity contribution is 0.645. The standard InChI is InChI=1S/C49H37N5/c1-4-16-34(17-5-1)30-35-28-29-42(50-43-23-11-10-22-41(35)43)36-31-37(48-51-44-24-12-14-26-46(44)53(48)39-18-6-2-7-19-39)33-38(32-36)49-52-45-25-13-15-27-47(45)54(49)40-20-8-3-9-21-40/h1-27,31-33,35H,28-30H2. The third-order valence-corrected chi connectivity index (χ3v) is 10.6. The quantitative estimate of drug-likeness (QED) is 0.167.